The van der Waals surface area contributed by atoms with Crippen LogP contribution >= 0.6 is 0 Å². The van der Waals surface area contributed by atoms with Gasteiger partial charge in [0, 0.05) is 13.1 Å². The Balaban J connectivity index is 2.25. The number of carbonyl (C=O) groups is 1. The highest BCUT2D eigenvalue weighted by Gasteiger charge is 2.21. The van der Waals surface area contributed by atoms with E-state index in [1.165, 1.54) is 25.3 Å². The monoisotopic (exact) mass is 237 g/mol. The molecule has 17 heavy (non-hydrogen) atoms. The average molecular weight is 237 g/mol. The number of rotatable bonds is 2. The summed E-state index contributed by atoms with van der Waals surface area (Å²) in [5.41, 5.74) is 0.314. The number of benzene rings is 1. The van der Waals surface area contributed by atoms with Gasteiger partial charge in [-0.05, 0) is 37.5 Å². The van der Waals surface area contributed by atoms with E-state index in [0.717, 1.165) is 32.4 Å². The van der Waals surface area contributed by atoms with E-state index in [2.05, 4.69) is 0 Å². The van der Waals surface area contributed by atoms with Crippen LogP contribution in [0.25, 0.3) is 0 Å². The summed E-state index contributed by atoms with van der Waals surface area (Å²) in [6.07, 6.45) is 3.19. The molecule has 0 atom stereocenters. The minimum atomic E-state index is -0.411. The van der Waals surface area contributed by atoms with Gasteiger partial charge < -0.3 is 9.64 Å². The van der Waals surface area contributed by atoms with E-state index < -0.39 is 5.82 Å². The fraction of sp³-hybridized carbons (Fsp3) is 0.462. The maximum Gasteiger partial charge on any atom is 0.257 e. The van der Waals surface area contributed by atoms with E-state index in [-0.39, 0.29) is 5.91 Å². The quantitative estimate of drug-likeness (QED) is 0.790. The molecule has 0 bridgehead atoms. The van der Waals surface area contributed by atoms with Crippen LogP contribution in [0.1, 0.15) is 29.6 Å². The lowest BCUT2D eigenvalue weighted by Gasteiger charge is -2.27. The van der Waals surface area contributed by atoms with Gasteiger partial charge in [0.2, 0.25) is 0 Å². The number of hydrogen-bond donors (Lipinski definition) is 0. The van der Waals surface area contributed by atoms with E-state index in [4.69, 9.17) is 4.74 Å². The van der Waals surface area contributed by atoms with Crippen molar-refractivity contribution < 1.29 is 13.9 Å². The lowest BCUT2D eigenvalue weighted by molar-refractivity contribution is 0.0720. The minimum absolute atomic E-state index is 0.138. The number of amides is 1. The van der Waals surface area contributed by atoms with Crippen LogP contribution in [0.4, 0.5) is 4.39 Å². The number of piperidine rings is 1. The third kappa shape index (κ3) is 2.57. The molecule has 1 aromatic rings. The van der Waals surface area contributed by atoms with Crippen LogP contribution in [0.2, 0.25) is 0 Å². The van der Waals surface area contributed by atoms with Gasteiger partial charge in [-0.1, -0.05) is 0 Å². The van der Waals surface area contributed by atoms with Crippen LogP contribution in [0.3, 0.4) is 0 Å². The molecule has 1 aromatic carbocycles. The van der Waals surface area contributed by atoms with Gasteiger partial charge in [0.1, 0.15) is 11.6 Å². The molecular weight excluding hydrogens is 221 g/mol. The standard InChI is InChI=1S/C13H16FNO2/c1-17-12-6-5-10(14)9-11(12)13(16)15-7-3-2-4-8-15/h5-6,9H,2-4,7-8H2,1H3. The zero-order valence-electron chi connectivity index (χ0n) is 9.91. The molecule has 0 saturated carbocycles. The number of nitrogens with zero attached hydrogens (tertiary/aromatic N) is 1. The van der Waals surface area contributed by atoms with Gasteiger partial charge in [-0.2, -0.15) is 0 Å². The van der Waals surface area contributed by atoms with Gasteiger partial charge >= 0.3 is 0 Å². The third-order valence-electron chi connectivity index (χ3n) is 3.04. The second-order valence-electron chi connectivity index (χ2n) is 4.20. The van der Waals surface area contributed by atoms with E-state index in [9.17, 15) is 9.18 Å². The first-order chi connectivity index (χ1) is 8.22. The van der Waals surface area contributed by atoms with Crippen molar-refractivity contribution in [2.24, 2.45) is 0 Å². The molecule has 0 unspecified atom stereocenters. The van der Waals surface area contributed by atoms with Crippen molar-refractivity contribution in [2.45, 2.75) is 19.3 Å². The molecule has 1 amide bonds. The molecule has 1 aliphatic rings. The minimum Gasteiger partial charge on any atom is -0.496 e. The number of halogens is 1. The number of likely N-dealkylation sites (tertiary alicyclic amines) is 1. The molecular formula is C13H16FNO2. The molecule has 0 N–H and O–H groups in total. The average Bonchev–Trinajstić information content (AvgIpc) is 2.39. The fourth-order valence-electron chi connectivity index (χ4n) is 2.11. The fourth-order valence-corrected chi connectivity index (χ4v) is 2.11. The Hall–Kier alpha value is -1.58. The summed E-state index contributed by atoms with van der Waals surface area (Å²) in [4.78, 5) is 14.0. The highest BCUT2D eigenvalue weighted by atomic mass is 19.1. The molecule has 1 heterocycles. The molecule has 92 valence electrons. The summed E-state index contributed by atoms with van der Waals surface area (Å²) in [6, 6.07) is 4.04. The number of hydrogen-bond acceptors (Lipinski definition) is 2. The van der Waals surface area contributed by atoms with Gasteiger partial charge in [-0.15, -0.1) is 0 Å². The topological polar surface area (TPSA) is 29.5 Å². The first-order valence-corrected chi connectivity index (χ1v) is 5.85. The molecule has 0 aliphatic carbocycles. The Morgan fingerprint density at radius 2 is 2.00 bits per heavy atom. The van der Waals surface area contributed by atoms with Crippen molar-refractivity contribution in [3.8, 4) is 5.75 Å². The maximum absolute atomic E-state index is 13.2. The summed E-state index contributed by atoms with van der Waals surface area (Å²) >= 11 is 0. The van der Waals surface area contributed by atoms with Crippen LogP contribution in [0.5, 0.6) is 5.75 Å². The molecule has 0 aromatic heterocycles. The second-order valence-corrected chi connectivity index (χ2v) is 4.20. The van der Waals surface area contributed by atoms with Gasteiger partial charge in [0.05, 0.1) is 12.7 Å². The zero-order valence-corrected chi connectivity index (χ0v) is 9.91. The van der Waals surface area contributed by atoms with Gasteiger partial charge in [-0.25, -0.2) is 4.39 Å². The van der Waals surface area contributed by atoms with Crippen molar-refractivity contribution in [3.63, 3.8) is 0 Å². The lowest BCUT2D eigenvalue weighted by atomic mass is 10.1. The summed E-state index contributed by atoms with van der Waals surface area (Å²) in [7, 11) is 1.49. The Kier molecular flexibility index (Phi) is 3.61. The van der Waals surface area contributed by atoms with Gasteiger partial charge in [0.15, 0.2) is 0 Å². The molecule has 1 aliphatic heterocycles. The molecule has 1 saturated heterocycles. The Labute approximate surface area is 100 Å². The van der Waals surface area contributed by atoms with Crippen molar-refractivity contribution in [1.82, 2.24) is 4.90 Å². The molecule has 4 heteroatoms. The third-order valence-corrected chi connectivity index (χ3v) is 3.04. The maximum atomic E-state index is 13.2. The smallest absolute Gasteiger partial charge is 0.257 e. The predicted molar refractivity (Wildman–Crippen MR) is 62.7 cm³/mol. The van der Waals surface area contributed by atoms with Crippen LogP contribution in [0.15, 0.2) is 18.2 Å². The molecule has 0 radical (unpaired) electrons. The van der Waals surface area contributed by atoms with Crippen molar-refractivity contribution in [2.75, 3.05) is 20.2 Å². The largest absolute Gasteiger partial charge is 0.496 e. The van der Waals surface area contributed by atoms with Crippen molar-refractivity contribution >= 4 is 5.91 Å². The summed E-state index contributed by atoms with van der Waals surface area (Å²) in [6.45, 7) is 1.50. The van der Waals surface area contributed by atoms with Crippen molar-refractivity contribution in [1.29, 1.82) is 0 Å². The van der Waals surface area contributed by atoms with Gasteiger partial charge in [0.25, 0.3) is 5.91 Å². The Morgan fingerprint density at radius 1 is 1.29 bits per heavy atom. The first kappa shape index (κ1) is 11.9. The van der Waals surface area contributed by atoms with E-state index >= 15 is 0 Å². The second kappa shape index (κ2) is 5.17. The number of carbonyl (C=O) groups excluding carboxylic acids is 1. The molecule has 0 spiro atoms. The van der Waals surface area contributed by atoms with Crippen LogP contribution in [-0.2, 0) is 0 Å². The zero-order chi connectivity index (χ0) is 12.3. The highest BCUT2D eigenvalue weighted by molar-refractivity contribution is 5.97. The Morgan fingerprint density at radius 3 is 2.65 bits per heavy atom. The highest BCUT2D eigenvalue weighted by Crippen LogP contribution is 2.22. The van der Waals surface area contributed by atoms with Crippen molar-refractivity contribution in [3.05, 3.63) is 29.6 Å². The molecule has 3 nitrogen and oxygen atoms in total. The SMILES string of the molecule is COc1ccc(F)cc1C(=O)N1CCCCC1. The van der Waals surface area contributed by atoms with Crippen LogP contribution in [0, 0.1) is 5.82 Å². The predicted octanol–water partition coefficient (Wildman–Crippen LogP) is 2.46. The normalized spacial score (nSPS) is 15.8. The van der Waals surface area contributed by atoms with Crippen LogP contribution in [-0.4, -0.2) is 31.0 Å². The first-order valence-electron chi connectivity index (χ1n) is 5.85. The molecule has 1 fully saturated rings. The van der Waals surface area contributed by atoms with Gasteiger partial charge in [-0.3, -0.25) is 4.79 Å². The van der Waals surface area contributed by atoms with E-state index in [1.54, 1.807) is 4.90 Å². The van der Waals surface area contributed by atoms with E-state index in [1.807, 2.05) is 0 Å². The Bertz CT molecular complexity index is 414. The summed E-state index contributed by atoms with van der Waals surface area (Å²) in [5.74, 6) is -0.116. The number of ether oxygens (including phenoxy) is 1. The summed E-state index contributed by atoms with van der Waals surface area (Å²) in [5, 5.41) is 0. The van der Waals surface area contributed by atoms with Crippen LogP contribution < -0.4 is 4.74 Å². The van der Waals surface area contributed by atoms with E-state index in [0.29, 0.717) is 11.3 Å². The lowest BCUT2D eigenvalue weighted by Crippen LogP contribution is -2.35. The molecule has 2 rings (SSSR count). The number of methoxy groups -OCH3 is 1. The summed E-state index contributed by atoms with van der Waals surface area (Å²) < 4.78 is 18.3.